The molecule has 2 atom stereocenters. The van der Waals surface area contributed by atoms with E-state index in [2.05, 4.69) is 19.4 Å². The van der Waals surface area contributed by atoms with Gasteiger partial charge in [-0.05, 0) is 50.2 Å². The minimum atomic E-state index is -4.07. The van der Waals surface area contributed by atoms with Crippen LogP contribution < -0.4 is 28.4 Å². The number of benzene rings is 1. The van der Waals surface area contributed by atoms with E-state index in [4.69, 9.17) is 18.9 Å². The first-order valence-electron chi connectivity index (χ1n) is 11.4. The fourth-order valence-electron chi connectivity index (χ4n) is 2.98. The fourth-order valence-corrected chi connectivity index (χ4v) is 5.25. The predicted octanol–water partition coefficient (Wildman–Crippen LogP) is 1.04. The van der Waals surface area contributed by atoms with Crippen molar-refractivity contribution in [2.24, 2.45) is 0 Å². The fraction of sp³-hybridized carbons (Fsp3) is 0.250. The molecule has 40 heavy (non-hydrogen) atoms. The van der Waals surface area contributed by atoms with Gasteiger partial charge in [0.1, 0.15) is 33.4 Å². The Morgan fingerprint density at radius 2 is 1.00 bits per heavy atom. The van der Waals surface area contributed by atoms with Crippen molar-refractivity contribution in [1.29, 1.82) is 0 Å². The number of carbonyl (C=O) groups is 2. The number of methoxy groups -OCH3 is 2. The van der Waals surface area contributed by atoms with Crippen molar-refractivity contribution in [3.63, 3.8) is 0 Å². The number of ether oxygens (including phenoxy) is 4. The highest BCUT2D eigenvalue weighted by atomic mass is 32.2. The van der Waals surface area contributed by atoms with Crippen molar-refractivity contribution in [3.05, 3.63) is 60.9 Å². The molecule has 2 N–H and O–H groups in total. The molecule has 0 spiro atoms. The number of hydrogen-bond donors (Lipinski definition) is 2. The largest absolute Gasteiger partial charge is 0.481 e. The lowest BCUT2D eigenvalue weighted by Gasteiger charge is -2.15. The molecular formula is C24H26N4O10S2. The molecular weight excluding hydrogens is 568 g/mol. The first kappa shape index (κ1) is 30.4. The molecule has 0 aliphatic carbocycles. The van der Waals surface area contributed by atoms with Crippen LogP contribution in [0.1, 0.15) is 13.8 Å². The Bertz CT molecular complexity index is 1430. The third-order valence-corrected chi connectivity index (χ3v) is 8.14. The van der Waals surface area contributed by atoms with E-state index in [1.807, 2.05) is 0 Å². The summed E-state index contributed by atoms with van der Waals surface area (Å²) in [6.45, 7) is 2.61. The number of nitrogens with one attached hydrogen (secondary N) is 2. The van der Waals surface area contributed by atoms with Crippen LogP contribution in [-0.4, -0.2) is 65.0 Å². The number of pyridine rings is 2. The third kappa shape index (κ3) is 7.95. The van der Waals surface area contributed by atoms with Gasteiger partial charge in [0.25, 0.3) is 0 Å². The Hall–Kier alpha value is -4.12. The number of rotatable bonds is 12. The summed E-state index contributed by atoms with van der Waals surface area (Å²) in [6, 6.07) is 8.02. The Kier molecular flexibility index (Phi) is 9.75. The average molecular weight is 595 g/mol. The number of nitrogens with zero attached hydrogens (tertiary/aromatic N) is 2. The van der Waals surface area contributed by atoms with Gasteiger partial charge in [-0.25, -0.2) is 36.4 Å². The molecule has 0 aliphatic heterocycles. The maximum Gasteiger partial charge on any atom is 0.329 e. The molecule has 0 fully saturated rings. The van der Waals surface area contributed by atoms with Crippen LogP contribution in [0.4, 0.5) is 0 Å². The molecule has 0 saturated carbocycles. The highest BCUT2D eigenvalue weighted by Crippen LogP contribution is 2.20. The van der Waals surface area contributed by atoms with E-state index in [0.717, 1.165) is 12.4 Å². The molecule has 0 amide bonds. The Labute approximate surface area is 230 Å². The molecule has 3 aromatic rings. The molecule has 16 heteroatoms. The number of aromatic nitrogens is 2. The van der Waals surface area contributed by atoms with Crippen LogP contribution in [0.15, 0.2) is 70.7 Å². The summed E-state index contributed by atoms with van der Waals surface area (Å²) in [5.41, 5.74) is 0. The SMILES string of the molecule is COc1ccc(S(=O)(=O)N[C@@H](C)C(=O)Oc2ccc(OC(=O)[C@H](C)NS(=O)(=O)c3ccc(OC)nc3)cc2)cn1. The molecule has 2 aromatic heterocycles. The zero-order valence-corrected chi connectivity index (χ0v) is 23.4. The second-order valence-electron chi connectivity index (χ2n) is 8.07. The quantitative estimate of drug-likeness (QED) is 0.224. The zero-order chi connectivity index (χ0) is 29.5. The topological polar surface area (TPSA) is 189 Å². The van der Waals surface area contributed by atoms with Crippen molar-refractivity contribution in [2.75, 3.05) is 14.2 Å². The van der Waals surface area contributed by atoms with Crippen molar-refractivity contribution in [3.8, 4) is 23.3 Å². The summed E-state index contributed by atoms with van der Waals surface area (Å²) in [6.07, 6.45) is 2.17. The van der Waals surface area contributed by atoms with Gasteiger partial charge in [-0.1, -0.05) is 0 Å². The minimum absolute atomic E-state index is 0.0442. The van der Waals surface area contributed by atoms with Gasteiger partial charge in [0.05, 0.1) is 26.6 Å². The predicted molar refractivity (Wildman–Crippen MR) is 139 cm³/mol. The zero-order valence-electron chi connectivity index (χ0n) is 21.7. The van der Waals surface area contributed by atoms with Crippen LogP contribution in [0.2, 0.25) is 0 Å². The second-order valence-corrected chi connectivity index (χ2v) is 11.5. The molecule has 214 valence electrons. The molecule has 3 rings (SSSR count). The summed E-state index contributed by atoms with van der Waals surface area (Å²) in [7, 11) is -5.36. The molecule has 0 aliphatic rings. The van der Waals surface area contributed by atoms with E-state index in [9.17, 15) is 26.4 Å². The van der Waals surface area contributed by atoms with Gasteiger partial charge in [-0.3, -0.25) is 0 Å². The van der Waals surface area contributed by atoms with Crippen molar-refractivity contribution in [2.45, 2.75) is 35.7 Å². The lowest BCUT2D eigenvalue weighted by atomic mass is 10.3. The standard InChI is InChI=1S/C24H26N4O10S2/c1-15(27-39(31,32)19-9-11-21(35-3)25-13-19)23(29)37-17-5-7-18(8-6-17)38-24(30)16(2)28-40(33,34)20-10-12-22(36-4)26-14-20/h5-16,27-28H,1-4H3/t15-,16-/m0/s1. The first-order valence-corrected chi connectivity index (χ1v) is 14.4. The van der Waals surface area contributed by atoms with Crippen LogP contribution in [0.5, 0.6) is 23.3 Å². The maximum absolute atomic E-state index is 12.5. The Morgan fingerprint density at radius 1 is 0.650 bits per heavy atom. The maximum atomic E-state index is 12.5. The van der Waals surface area contributed by atoms with Gasteiger partial charge in [0, 0.05) is 12.1 Å². The van der Waals surface area contributed by atoms with E-state index in [-0.39, 0.29) is 33.0 Å². The highest BCUT2D eigenvalue weighted by molar-refractivity contribution is 7.89. The van der Waals surface area contributed by atoms with Crippen molar-refractivity contribution in [1.82, 2.24) is 19.4 Å². The van der Waals surface area contributed by atoms with E-state index < -0.39 is 44.1 Å². The lowest BCUT2D eigenvalue weighted by molar-refractivity contribution is -0.136. The van der Waals surface area contributed by atoms with Crippen LogP contribution in [0.25, 0.3) is 0 Å². The monoisotopic (exact) mass is 594 g/mol. The van der Waals surface area contributed by atoms with Gasteiger partial charge in [0.15, 0.2) is 0 Å². The summed E-state index contributed by atoms with van der Waals surface area (Å²) in [5.74, 6) is -1.26. The normalized spacial score (nSPS) is 13.1. The minimum Gasteiger partial charge on any atom is -0.481 e. The van der Waals surface area contributed by atoms with Gasteiger partial charge in [-0.2, -0.15) is 9.44 Å². The molecule has 0 unspecified atom stereocenters. The van der Waals surface area contributed by atoms with Gasteiger partial charge < -0.3 is 18.9 Å². The molecule has 0 saturated heterocycles. The smallest absolute Gasteiger partial charge is 0.329 e. The van der Waals surface area contributed by atoms with Crippen LogP contribution in [-0.2, 0) is 29.6 Å². The van der Waals surface area contributed by atoms with Crippen LogP contribution in [0.3, 0.4) is 0 Å². The summed E-state index contributed by atoms with van der Waals surface area (Å²) in [4.78, 5) is 32.1. The summed E-state index contributed by atoms with van der Waals surface area (Å²) < 4.78 is 74.5. The van der Waals surface area contributed by atoms with Gasteiger partial charge >= 0.3 is 11.9 Å². The van der Waals surface area contributed by atoms with E-state index in [1.54, 1.807) is 0 Å². The van der Waals surface area contributed by atoms with E-state index >= 15 is 0 Å². The molecule has 2 heterocycles. The molecule has 0 bridgehead atoms. The lowest BCUT2D eigenvalue weighted by Crippen LogP contribution is -2.40. The average Bonchev–Trinajstić information content (AvgIpc) is 2.93. The van der Waals surface area contributed by atoms with Crippen molar-refractivity contribution >= 4 is 32.0 Å². The number of carbonyl (C=O) groups excluding carboxylic acids is 2. The summed E-state index contributed by atoms with van der Waals surface area (Å²) >= 11 is 0. The highest BCUT2D eigenvalue weighted by Gasteiger charge is 2.25. The second kappa shape index (κ2) is 12.8. The van der Waals surface area contributed by atoms with Crippen LogP contribution >= 0.6 is 0 Å². The van der Waals surface area contributed by atoms with Crippen molar-refractivity contribution < 1.29 is 45.4 Å². The van der Waals surface area contributed by atoms with Crippen LogP contribution in [0, 0.1) is 0 Å². The third-order valence-electron chi connectivity index (χ3n) is 5.09. The number of hydrogen-bond acceptors (Lipinski definition) is 12. The molecule has 0 radical (unpaired) electrons. The molecule has 1 aromatic carbocycles. The molecule has 14 nitrogen and oxygen atoms in total. The number of esters is 2. The Morgan fingerprint density at radius 3 is 1.27 bits per heavy atom. The van der Waals surface area contributed by atoms with E-state index in [1.165, 1.54) is 76.6 Å². The van der Waals surface area contributed by atoms with Gasteiger partial charge in [-0.15, -0.1) is 0 Å². The Balaban J connectivity index is 1.55. The number of sulfonamides is 2. The summed E-state index contributed by atoms with van der Waals surface area (Å²) in [5, 5.41) is 0. The van der Waals surface area contributed by atoms with Gasteiger partial charge in [0.2, 0.25) is 31.8 Å². The van der Waals surface area contributed by atoms with E-state index in [0.29, 0.717) is 0 Å². The first-order chi connectivity index (χ1) is 18.8.